The van der Waals surface area contributed by atoms with Gasteiger partial charge in [-0.1, -0.05) is 30.7 Å². The molecule has 7 heteroatoms. The van der Waals surface area contributed by atoms with Gasteiger partial charge in [-0.05, 0) is 73.6 Å². The molecule has 4 aromatic rings. The van der Waals surface area contributed by atoms with E-state index in [2.05, 4.69) is 12.2 Å². The van der Waals surface area contributed by atoms with Gasteiger partial charge in [-0.3, -0.25) is 4.79 Å². The van der Waals surface area contributed by atoms with Gasteiger partial charge in [-0.15, -0.1) is 11.3 Å². The van der Waals surface area contributed by atoms with Gasteiger partial charge in [0.15, 0.2) is 5.75 Å². The van der Waals surface area contributed by atoms with E-state index in [1.54, 1.807) is 18.2 Å². The number of benzene rings is 3. The zero-order chi connectivity index (χ0) is 22.7. The van der Waals surface area contributed by atoms with Crippen molar-refractivity contribution in [3.05, 3.63) is 87.5 Å². The zero-order valence-corrected chi connectivity index (χ0v) is 18.9. The monoisotopic (exact) mass is 469 g/mol. The van der Waals surface area contributed by atoms with Crippen LogP contribution in [0, 0.1) is 5.82 Å². The normalized spacial score (nSPS) is 11.1. The second kappa shape index (κ2) is 9.69. The van der Waals surface area contributed by atoms with Gasteiger partial charge in [-0.25, -0.2) is 4.39 Å². The highest BCUT2D eigenvalue weighted by molar-refractivity contribution is 7.21. The molecule has 0 saturated heterocycles. The van der Waals surface area contributed by atoms with Crippen molar-refractivity contribution in [2.45, 2.75) is 13.3 Å². The Bertz CT molecular complexity index is 1270. The first-order valence-electron chi connectivity index (χ1n) is 10.2. The minimum Gasteiger partial charge on any atom is -0.508 e. The van der Waals surface area contributed by atoms with Crippen LogP contribution in [0.3, 0.4) is 0 Å². The van der Waals surface area contributed by atoms with E-state index in [0.29, 0.717) is 26.5 Å². The highest BCUT2D eigenvalue weighted by Crippen LogP contribution is 2.43. The molecular formula is C25H21ClFNO3S. The lowest BCUT2D eigenvalue weighted by molar-refractivity contribution is 0.104. The van der Waals surface area contributed by atoms with Crippen LogP contribution in [-0.4, -0.2) is 24.0 Å². The maximum absolute atomic E-state index is 13.5. The Labute approximate surface area is 194 Å². The molecule has 1 heterocycles. The van der Waals surface area contributed by atoms with E-state index >= 15 is 0 Å². The number of ketones is 1. The van der Waals surface area contributed by atoms with Crippen LogP contribution < -0.4 is 10.1 Å². The first-order valence-corrected chi connectivity index (χ1v) is 11.4. The third kappa shape index (κ3) is 4.78. The number of carbonyl (C=O) groups is 1. The topological polar surface area (TPSA) is 58.6 Å². The number of ether oxygens (including phenoxy) is 1. The van der Waals surface area contributed by atoms with Crippen molar-refractivity contribution in [1.29, 1.82) is 0 Å². The Morgan fingerprint density at radius 1 is 1.12 bits per heavy atom. The number of hydrogen-bond acceptors (Lipinski definition) is 5. The van der Waals surface area contributed by atoms with Gasteiger partial charge in [0.25, 0.3) is 0 Å². The van der Waals surface area contributed by atoms with Crippen molar-refractivity contribution in [3.8, 4) is 17.2 Å². The minimum absolute atomic E-state index is 0.0336. The van der Waals surface area contributed by atoms with E-state index < -0.39 is 5.82 Å². The van der Waals surface area contributed by atoms with Crippen molar-refractivity contribution in [2.24, 2.45) is 0 Å². The molecule has 0 radical (unpaired) electrons. The van der Waals surface area contributed by atoms with E-state index in [0.717, 1.165) is 25.6 Å². The molecular weight excluding hydrogens is 449 g/mol. The molecule has 4 nitrogen and oxygen atoms in total. The summed E-state index contributed by atoms with van der Waals surface area (Å²) in [7, 11) is 0. The molecule has 0 spiro atoms. The average molecular weight is 470 g/mol. The lowest BCUT2D eigenvalue weighted by atomic mass is 10.1. The predicted octanol–water partition coefficient (Wildman–Crippen LogP) is 6.57. The molecule has 0 fully saturated rings. The summed E-state index contributed by atoms with van der Waals surface area (Å²) >= 11 is 7.33. The lowest BCUT2D eigenvalue weighted by Gasteiger charge is -2.09. The summed E-state index contributed by atoms with van der Waals surface area (Å²) in [5.74, 6) is 0.181. The number of halogens is 2. The first-order chi connectivity index (χ1) is 15.5. The Morgan fingerprint density at radius 2 is 1.91 bits per heavy atom. The number of nitrogens with one attached hydrogen (secondary N) is 1. The van der Waals surface area contributed by atoms with Gasteiger partial charge >= 0.3 is 0 Å². The molecule has 0 aliphatic heterocycles. The van der Waals surface area contributed by atoms with Crippen molar-refractivity contribution >= 4 is 38.8 Å². The zero-order valence-electron chi connectivity index (χ0n) is 17.3. The highest BCUT2D eigenvalue weighted by atomic mass is 35.5. The maximum Gasteiger partial charge on any atom is 0.208 e. The van der Waals surface area contributed by atoms with Gasteiger partial charge < -0.3 is 15.2 Å². The number of phenolic OH excluding ortho intramolecular Hbond substituents is 1. The Hall–Kier alpha value is -2.93. The van der Waals surface area contributed by atoms with Crippen LogP contribution in [0.25, 0.3) is 10.1 Å². The van der Waals surface area contributed by atoms with Crippen molar-refractivity contribution < 1.29 is 19.0 Å². The third-order valence-corrected chi connectivity index (χ3v) is 6.44. The maximum atomic E-state index is 13.5. The molecule has 4 rings (SSSR count). The van der Waals surface area contributed by atoms with Crippen LogP contribution in [0.2, 0.25) is 5.02 Å². The number of hydrogen-bond donors (Lipinski definition) is 2. The third-order valence-electron chi connectivity index (χ3n) is 4.99. The van der Waals surface area contributed by atoms with Crippen LogP contribution in [0.4, 0.5) is 4.39 Å². The summed E-state index contributed by atoms with van der Waals surface area (Å²) in [6, 6.07) is 16.2. The van der Waals surface area contributed by atoms with Gasteiger partial charge in [0.2, 0.25) is 5.78 Å². The van der Waals surface area contributed by atoms with Crippen LogP contribution >= 0.6 is 22.9 Å². The van der Waals surface area contributed by atoms with E-state index in [9.17, 15) is 14.3 Å². The number of likely N-dealkylation sites (N-methyl/N-ethyl adjacent to an activating group) is 1. The standard InChI is InChI=1S/C25H21ClFNO3S/c1-2-28-12-11-15-3-7-18(8-4-15)31-24-20-10-6-17(29)14-22(20)32-25(24)23(30)19-9-5-16(27)13-21(19)26/h3-10,13-14,28-29H,2,11-12H2,1H3. The molecule has 3 aromatic carbocycles. The molecule has 32 heavy (non-hydrogen) atoms. The van der Waals surface area contributed by atoms with Crippen molar-refractivity contribution in [1.82, 2.24) is 5.32 Å². The molecule has 0 bridgehead atoms. The molecule has 0 unspecified atom stereocenters. The number of fused-ring (bicyclic) bond motifs is 1. The summed E-state index contributed by atoms with van der Waals surface area (Å²) in [4.78, 5) is 13.6. The summed E-state index contributed by atoms with van der Waals surface area (Å²) in [6.07, 6.45) is 0.904. The SMILES string of the molecule is CCNCCc1ccc(Oc2c(C(=O)c3ccc(F)cc3Cl)sc3cc(O)ccc23)cc1. The van der Waals surface area contributed by atoms with E-state index in [1.807, 2.05) is 24.3 Å². The molecule has 2 N–H and O–H groups in total. The second-order valence-electron chi connectivity index (χ2n) is 7.24. The minimum atomic E-state index is -0.515. The smallest absolute Gasteiger partial charge is 0.208 e. The fraction of sp³-hybridized carbons (Fsp3) is 0.160. The fourth-order valence-corrected chi connectivity index (χ4v) is 4.73. The van der Waals surface area contributed by atoms with Gasteiger partial charge in [0.1, 0.15) is 22.2 Å². The number of thiophene rings is 1. The Kier molecular flexibility index (Phi) is 6.74. The molecule has 1 aromatic heterocycles. The molecule has 0 atom stereocenters. The van der Waals surface area contributed by atoms with E-state index in [4.69, 9.17) is 16.3 Å². The van der Waals surface area contributed by atoms with Crippen molar-refractivity contribution in [2.75, 3.05) is 13.1 Å². The van der Waals surface area contributed by atoms with Gasteiger partial charge in [-0.2, -0.15) is 0 Å². The van der Waals surface area contributed by atoms with Gasteiger partial charge in [0.05, 0.1) is 5.02 Å². The summed E-state index contributed by atoms with van der Waals surface area (Å²) in [6.45, 7) is 3.89. The Morgan fingerprint density at radius 3 is 2.62 bits per heavy atom. The number of aromatic hydroxyl groups is 1. The van der Waals surface area contributed by atoms with E-state index in [1.165, 1.54) is 29.0 Å². The molecule has 0 aliphatic rings. The molecule has 0 amide bonds. The average Bonchev–Trinajstić information content (AvgIpc) is 3.12. The summed E-state index contributed by atoms with van der Waals surface area (Å²) in [5.41, 5.74) is 1.36. The molecule has 0 saturated carbocycles. The predicted molar refractivity (Wildman–Crippen MR) is 127 cm³/mol. The van der Waals surface area contributed by atoms with Crippen LogP contribution in [-0.2, 0) is 6.42 Å². The van der Waals surface area contributed by atoms with Crippen LogP contribution in [0.15, 0.2) is 60.7 Å². The Balaban J connectivity index is 1.71. The van der Waals surface area contributed by atoms with Crippen LogP contribution in [0.5, 0.6) is 17.2 Å². The number of rotatable bonds is 8. The van der Waals surface area contributed by atoms with Crippen molar-refractivity contribution in [3.63, 3.8) is 0 Å². The van der Waals surface area contributed by atoms with Crippen LogP contribution in [0.1, 0.15) is 27.7 Å². The quantitative estimate of drug-likeness (QED) is 0.226. The molecule has 164 valence electrons. The number of phenols is 1. The summed E-state index contributed by atoms with van der Waals surface area (Å²) < 4.78 is 20.3. The van der Waals surface area contributed by atoms with E-state index in [-0.39, 0.29) is 22.1 Å². The highest BCUT2D eigenvalue weighted by Gasteiger charge is 2.24. The second-order valence-corrected chi connectivity index (χ2v) is 8.70. The summed E-state index contributed by atoms with van der Waals surface area (Å²) in [5, 5.41) is 13.9. The largest absolute Gasteiger partial charge is 0.508 e. The number of carbonyl (C=O) groups excluding carboxylic acids is 1. The molecule has 0 aliphatic carbocycles. The van der Waals surface area contributed by atoms with Gasteiger partial charge in [0, 0.05) is 15.6 Å². The fourth-order valence-electron chi connectivity index (χ4n) is 3.36. The lowest BCUT2D eigenvalue weighted by Crippen LogP contribution is -2.15. The first kappa shape index (κ1) is 22.3.